The summed E-state index contributed by atoms with van der Waals surface area (Å²) in [7, 11) is 0. The molecule has 0 spiro atoms. The van der Waals surface area contributed by atoms with E-state index in [1.807, 2.05) is 6.20 Å². The third kappa shape index (κ3) is 5.50. The number of thioether (sulfide) groups is 1. The van der Waals surface area contributed by atoms with Gasteiger partial charge in [0, 0.05) is 53.9 Å². The Labute approximate surface area is 246 Å². The number of hydrogen-bond acceptors (Lipinski definition) is 8. The third-order valence-corrected chi connectivity index (χ3v) is 8.69. The van der Waals surface area contributed by atoms with Crippen LogP contribution in [0.25, 0.3) is 39.0 Å². The first-order valence-electron chi connectivity index (χ1n) is 14.1. The molecule has 0 saturated carbocycles. The van der Waals surface area contributed by atoms with E-state index in [4.69, 9.17) is 4.98 Å². The molecule has 3 N–H and O–H groups in total. The maximum absolute atomic E-state index is 11.9. The van der Waals surface area contributed by atoms with Crippen molar-refractivity contribution in [3.63, 3.8) is 0 Å². The molecule has 2 aromatic carbocycles. The van der Waals surface area contributed by atoms with E-state index in [2.05, 4.69) is 85.1 Å². The summed E-state index contributed by atoms with van der Waals surface area (Å²) in [6.45, 7) is 3.34. The van der Waals surface area contributed by atoms with E-state index in [-0.39, 0.29) is 11.1 Å². The van der Waals surface area contributed by atoms with Crippen molar-refractivity contribution >= 4 is 56.6 Å². The summed E-state index contributed by atoms with van der Waals surface area (Å²) in [6, 6.07) is 20.9. The first-order chi connectivity index (χ1) is 20.6. The standard InChI is InChI=1S/C32H29N7O2S/c40-30-29(42-32(41)38-30)17-24-8-12-35-31(36-24)39-13-9-20(10-14-39)18-33-19-28-25-4-2-1-3-21(25)16-27(37-28)22-5-6-26-23(15-22)7-11-34-26/h1-8,11-12,15-17,20,33-34H,9-10,13-14,18-19H2,(H,38,40,41)/b29-17+. The van der Waals surface area contributed by atoms with Crippen LogP contribution in [0.4, 0.5) is 10.7 Å². The summed E-state index contributed by atoms with van der Waals surface area (Å²) in [5.41, 5.74) is 4.90. The highest BCUT2D eigenvalue weighted by molar-refractivity contribution is 8.18. The van der Waals surface area contributed by atoms with Gasteiger partial charge in [-0.2, -0.15) is 0 Å². The Hall–Kier alpha value is -4.54. The first-order valence-corrected chi connectivity index (χ1v) is 14.9. The molecule has 0 atom stereocenters. The predicted molar refractivity (Wildman–Crippen MR) is 167 cm³/mol. The molecule has 5 aromatic rings. The number of carbonyl (C=O) groups is 2. The van der Waals surface area contributed by atoms with Gasteiger partial charge < -0.3 is 15.2 Å². The van der Waals surface area contributed by atoms with E-state index in [9.17, 15) is 9.59 Å². The van der Waals surface area contributed by atoms with Crippen LogP contribution in [0.15, 0.2) is 78.0 Å². The largest absolute Gasteiger partial charge is 0.361 e. The Bertz CT molecular complexity index is 1840. The molecule has 5 heterocycles. The lowest BCUT2D eigenvalue weighted by Gasteiger charge is -2.32. The summed E-state index contributed by atoms with van der Waals surface area (Å²) in [6.07, 6.45) is 7.35. The average molecular weight is 576 g/mol. The number of benzene rings is 2. The fourth-order valence-electron chi connectivity index (χ4n) is 5.65. The predicted octanol–water partition coefficient (Wildman–Crippen LogP) is 5.50. The highest BCUT2D eigenvalue weighted by Crippen LogP contribution is 2.28. The molecule has 42 heavy (non-hydrogen) atoms. The van der Waals surface area contributed by atoms with Crippen molar-refractivity contribution in [2.45, 2.75) is 19.4 Å². The number of anilines is 1. The number of imide groups is 1. The minimum Gasteiger partial charge on any atom is -0.361 e. The maximum Gasteiger partial charge on any atom is 0.290 e. The number of rotatable bonds is 7. The van der Waals surface area contributed by atoms with Gasteiger partial charge in [-0.15, -0.1) is 0 Å². The molecule has 0 bridgehead atoms. The van der Waals surface area contributed by atoms with Crippen LogP contribution in [0.2, 0.25) is 0 Å². The van der Waals surface area contributed by atoms with Crippen LogP contribution in [0.5, 0.6) is 0 Å². The van der Waals surface area contributed by atoms with Crippen LogP contribution in [0, 0.1) is 5.92 Å². The topological polar surface area (TPSA) is 116 Å². The van der Waals surface area contributed by atoms with E-state index >= 15 is 0 Å². The van der Waals surface area contributed by atoms with E-state index in [1.165, 1.54) is 16.2 Å². The van der Waals surface area contributed by atoms with Gasteiger partial charge in [0.25, 0.3) is 11.1 Å². The highest BCUT2D eigenvalue weighted by Gasteiger charge is 2.26. The number of fused-ring (bicyclic) bond motifs is 2. The molecule has 7 rings (SSSR count). The lowest BCUT2D eigenvalue weighted by Crippen LogP contribution is -2.38. The van der Waals surface area contributed by atoms with Gasteiger partial charge in [-0.1, -0.05) is 30.3 Å². The Kier molecular flexibility index (Phi) is 7.15. The summed E-state index contributed by atoms with van der Waals surface area (Å²) < 4.78 is 0. The minimum absolute atomic E-state index is 0.351. The average Bonchev–Trinajstić information content (AvgIpc) is 3.62. The van der Waals surface area contributed by atoms with E-state index in [0.29, 0.717) is 29.0 Å². The normalized spacial score (nSPS) is 17.0. The van der Waals surface area contributed by atoms with Crippen LogP contribution >= 0.6 is 11.8 Å². The number of aromatic nitrogens is 4. The molecule has 2 saturated heterocycles. The molecule has 0 unspecified atom stereocenters. The lowest BCUT2D eigenvalue weighted by atomic mass is 9.97. The van der Waals surface area contributed by atoms with Crippen molar-refractivity contribution in [2.75, 3.05) is 24.5 Å². The molecule has 210 valence electrons. The van der Waals surface area contributed by atoms with Crippen LogP contribution in [0.1, 0.15) is 24.2 Å². The van der Waals surface area contributed by atoms with Gasteiger partial charge in [0.15, 0.2) is 0 Å². The van der Waals surface area contributed by atoms with Gasteiger partial charge in [-0.05, 0) is 78.9 Å². The fourth-order valence-corrected chi connectivity index (χ4v) is 6.31. The summed E-state index contributed by atoms with van der Waals surface area (Å²) in [5.74, 6) is 0.809. The molecular weight excluding hydrogens is 546 g/mol. The second-order valence-electron chi connectivity index (χ2n) is 10.7. The zero-order chi connectivity index (χ0) is 28.5. The Morgan fingerprint density at radius 2 is 1.88 bits per heavy atom. The van der Waals surface area contributed by atoms with Crippen molar-refractivity contribution < 1.29 is 9.59 Å². The number of amides is 2. The maximum atomic E-state index is 11.9. The molecule has 3 aromatic heterocycles. The molecular formula is C32H29N7O2S. The molecule has 10 heteroatoms. The van der Waals surface area contributed by atoms with Crippen LogP contribution in [-0.4, -0.2) is 50.7 Å². The molecule has 0 aliphatic carbocycles. The molecule has 2 aliphatic rings. The quantitative estimate of drug-likeness (QED) is 0.218. The molecule has 2 fully saturated rings. The Morgan fingerprint density at radius 1 is 1.00 bits per heavy atom. The van der Waals surface area contributed by atoms with Crippen molar-refractivity contribution in [1.82, 2.24) is 30.6 Å². The number of H-pyrrole nitrogens is 1. The van der Waals surface area contributed by atoms with Gasteiger partial charge in [-0.25, -0.2) is 9.97 Å². The van der Waals surface area contributed by atoms with E-state index in [1.54, 1.807) is 18.3 Å². The number of hydrogen-bond donors (Lipinski definition) is 3. The number of pyridine rings is 1. The van der Waals surface area contributed by atoms with Crippen molar-refractivity contribution in [2.24, 2.45) is 5.92 Å². The molecule has 2 aliphatic heterocycles. The molecule has 9 nitrogen and oxygen atoms in total. The monoisotopic (exact) mass is 575 g/mol. The van der Waals surface area contributed by atoms with Gasteiger partial charge in [0.1, 0.15) is 0 Å². The number of nitrogens with zero attached hydrogens (tertiary/aromatic N) is 4. The van der Waals surface area contributed by atoms with Crippen molar-refractivity contribution in [3.8, 4) is 11.3 Å². The second kappa shape index (κ2) is 11.4. The van der Waals surface area contributed by atoms with Gasteiger partial charge in [-0.3, -0.25) is 19.9 Å². The first kappa shape index (κ1) is 26.4. The van der Waals surface area contributed by atoms with E-state index < -0.39 is 0 Å². The second-order valence-corrected chi connectivity index (χ2v) is 11.7. The Morgan fingerprint density at radius 3 is 2.74 bits per heavy atom. The molecule has 2 amide bonds. The van der Waals surface area contributed by atoms with Crippen LogP contribution in [0.3, 0.4) is 0 Å². The van der Waals surface area contributed by atoms with Gasteiger partial charge in [0.05, 0.1) is 22.0 Å². The van der Waals surface area contributed by atoms with E-state index in [0.717, 1.165) is 66.7 Å². The van der Waals surface area contributed by atoms with Crippen molar-refractivity contribution in [3.05, 3.63) is 89.4 Å². The number of piperidine rings is 1. The summed E-state index contributed by atoms with van der Waals surface area (Å²) in [5, 5.41) is 9.15. The Balaban J connectivity index is 0.990. The summed E-state index contributed by atoms with van der Waals surface area (Å²) in [4.78, 5) is 43.3. The summed E-state index contributed by atoms with van der Waals surface area (Å²) >= 11 is 0.892. The fraction of sp³-hybridized carbons (Fsp3) is 0.219. The number of aromatic amines is 1. The highest BCUT2D eigenvalue weighted by atomic mass is 32.2. The third-order valence-electron chi connectivity index (χ3n) is 7.88. The number of carbonyl (C=O) groups excluding carboxylic acids is 2. The zero-order valence-corrected chi connectivity index (χ0v) is 23.7. The van der Waals surface area contributed by atoms with Crippen molar-refractivity contribution in [1.29, 1.82) is 0 Å². The smallest absolute Gasteiger partial charge is 0.290 e. The lowest BCUT2D eigenvalue weighted by molar-refractivity contribution is -0.115. The van der Waals surface area contributed by atoms with Gasteiger partial charge >= 0.3 is 0 Å². The molecule has 0 radical (unpaired) electrons. The van der Waals surface area contributed by atoms with Crippen LogP contribution in [-0.2, 0) is 11.3 Å². The van der Waals surface area contributed by atoms with Crippen LogP contribution < -0.4 is 15.5 Å². The van der Waals surface area contributed by atoms with Gasteiger partial charge in [0.2, 0.25) is 5.95 Å². The SMILES string of the molecule is O=C1NC(=O)/C(=C\c2ccnc(N3CCC(CNCc4nc(-c5ccc6[nH]ccc6c5)cc5ccccc45)CC3)n2)S1. The zero-order valence-electron chi connectivity index (χ0n) is 22.8. The number of nitrogens with one attached hydrogen (secondary N) is 3. The minimum atomic E-state index is -0.383.